The molecule has 1 saturated carbocycles. The van der Waals surface area contributed by atoms with Gasteiger partial charge in [0.2, 0.25) is 0 Å². The minimum absolute atomic E-state index is 0.612. The summed E-state index contributed by atoms with van der Waals surface area (Å²) in [6.07, 6.45) is 1.66. The molecule has 0 aromatic rings. The summed E-state index contributed by atoms with van der Waals surface area (Å²) < 4.78 is 0. The van der Waals surface area contributed by atoms with Gasteiger partial charge in [0, 0.05) is 0 Å². The molecule has 1 rings (SSSR count). The van der Waals surface area contributed by atoms with Crippen molar-refractivity contribution in [3.63, 3.8) is 0 Å². The third kappa shape index (κ3) is 1.52. The maximum absolute atomic E-state index is 10.4. The molecule has 4 N–H and O–H groups in total. The zero-order valence-corrected chi connectivity index (χ0v) is 6.29. The van der Waals surface area contributed by atoms with E-state index < -0.39 is 17.6 Å². The standard InChI is InChI=1S/C7H13NO3/c8-7(3-1-2-4-7)5(9)6(10)11/h5,9H,1-4,8H2,(H,10,11). The second-order valence-electron chi connectivity index (χ2n) is 3.18. The van der Waals surface area contributed by atoms with Gasteiger partial charge in [0.05, 0.1) is 5.54 Å². The number of nitrogens with two attached hydrogens (primary N) is 1. The van der Waals surface area contributed by atoms with Crippen molar-refractivity contribution in [2.45, 2.75) is 37.3 Å². The molecule has 0 amide bonds. The molecular weight excluding hydrogens is 146 g/mol. The Morgan fingerprint density at radius 1 is 1.45 bits per heavy atom. The molecule has 0 aromatic heterocycles. The monoisotopic (exact) mass is 159 g/mol. The van der Waals surface area contributed by atoms with Crippen molar-refractivity contribution in [2.75, 3.05) is 0 Å². The topological polar surface area (TPSA) is 83.5 Å². The molecule has 11 heavy (non-hydrogen) atoms. The third-order valence-electron chi connectivity index (χ3n) is 2.31. The van der Waals surface area contributed by atoms with Gasteiger partial charge in [-0.2, -0.15) is 0 Å². The Hall–Kier alpha value is -0.610. The highest BCUT2D eigenvalue weighted by Gasteiger charge is 2.40. The predicted molar refractivity (Wildman–Crippen MR) is 39.0 cm³/mol. The van der Waals surface area contributed by atoms with E-state index in [0.29, 0.717) is 12.8 Å². The fourth-order valence-electron chi connectivity index (χ4n) is 1.55. The van der Waals surface area contributed by atoms with Crippen LogP contribution in [-0.2, 0) is 4.79 Å². The van der Waals surface area contributed by atoms with Crippen LogP contribution in [0.15, 0.2) is 0 Å². The van der Waals surface area contributed by atoms with E-state index in [9.17, 15) is 4.79 Å². The lowest BCUT2D eigenvalue weighted by atomic mass is 9.92. The first-order chi connectivity index (χ1) is 5.06. The SMILES string of the molecule is NC1(C(O)C(=O)O)CCCC1. The molecule has 1 atom stereocenters. The number of hydrogen-bond donors (Lipinski definition) is 3. The molecular formula is C7H13NO3. The Bertz CT molecular complexity index is 163. The molecule has 0 aliphatic heterocycles. The molecule has 1 aliphatic carbocycles. The molecule has 64 valence electrons. The van der Waals surface area contributed by atoms with E-state index in [-0.39, 0.29) is 0 Å². The summed E-state index contributed by atoms with van der Waals surface area (Å²) >= 11 is 0. The summed E-state index contributed by atoms with van der Waals surface area (Å²) in [6, 6.07) is 0. The highest BCUT2D eigenvalue weighted by Crippen LogP contribution is 2.30. The van der Waals surface area contributed by atoms with Gasteiger partial charge < -0.3 is 15.9 Å². The first-order valence-corrected chi connectivity index (χ1v) is 3.76. The van der Waals surface area contributed by atoms with Crippen molar-refractivity contribution in [2.24, 2.45) is 5.73 Å². The smallest absolute Gasteiger partial charge is 0.334 e. The van der Waals surface area contributed by atoms with Crippen molar-refractivity contribution < 1.29 is 15.0 Å². The van der Waals surface area contributed by atoms with Crippen LogP contribution in [0, 0.1) is 0 Å². The number of carbonyl (C=O) groups is 1. The van der Waals surface area contributed by atoms with Crippen molar-refractivity contribution in [1.82, 2.24) is 0 Å². The Morgan fingerprint density at radius 2 is 1.91 bits per heavy atom. The quantitative estimate of drug-likeness (QED) is 0.516. The minimum atomic E-state index is -1.40. The van der Waals surface area contributed by atoms with Crippen LogP contribution < -0.4 is 5.73 Å². The fraction of sp³-hybridized carbons (Fsp3) is 0.857. The molecule has 0 radical (unpaired) electrons. The van der Waals surface area contributed by atoms with Gasteiger partial charge in [-0.1, -0.05) is 12.8 Å². The molecule has 0 bridgehead atoms. The molecule has 0 heterocycles. The molecule has 4 heteroatoms. The molecule has 1 unspecified atom stereocenters. The second kappa shape index (κ2) is 2.79. The summed E-state index contributed by atoms with van der Waals surface area (Å²) in [6.45, 7) is 0. The number of aliphatic hydroxyl groups is 1. The van der Waals surface area contributed by atoms with Crippen LogP contribution in [0.25, 0.3) is 0 Å². The van der Waals surface area contributed by atoms with Gasteiger partial charge in [-0.25, -0.2) is 4.79 Å². The summed E-state index contributed by atoms with van der Waals surface area (Å²) in [5.74, 6) is -1.21. The van der Waals surface area contributed by atoms with E-state index in [1.165, 1.54) is 0 Å². The van der Waals surface area contributed by atoms with E-state index in [1.807, 2.05) is 0 Å². The minimum Gasteiger partial charge on any atom is -0.479 e. The summed E-state index contributed by atoms with van der Waals surface area (Å²) in [4.78, 5) is 10.4. The predicted octanol–water partition coefficient (Wildman–Crippen LogP) is -0.297. The molecule has 1 aliphatic rings. The third-order valence-corrected chi connectivity index (χ3v) is 2.31. The van der Waals surface area contributed by atoms with Crippen LogP contribution in [0.3, 0.4) is 0 Å². The first-order valence-electron chi connectivity index (χ1n) is 3.76. The van der Waals surface area contributed by atoms with Gasteiger partial charge in [-0.3, -0.25) is 0 Å². The maximum Gasteiger partial charge on any atom is 0.334 e. The van der Waals surface area contributed by atoms with E-state index >= 15 is 0 Å². The van der Waals surface area contributed by atoms with E-state index in [1.54, 1.807) is 0 Å². The Kier molecular flexibility index (Phi) is 2.15. The van der Waals surface area contributed by atoms with Gasteiger partial charge >= 0.3 is 5.97 Å². The average Bonchev–Trinajstić information content (AvgIpc) is 2.35. The summed E-state index contributed by atoms with van der Waals surface area (Å²) in [7, 11) is 0. The summed E-state index contributed by atoms with van der Waals surface area (Å²) in [5.41, 5.74) is 4.80. The molecule has 1 fully saturated rings. The van der Waals surface area contributed by atoms with Crippen molar-refractivity contribution in [3.05, 3.63) is 0 Å². The highest BCUT2D eigenvalue weighted by molar-refractivity contribution is 5.73. The van der Waals surface area contributed by atoms with Gasteiger partial charge in [0.15, 0.2) is 6.10 Å². The van der Waals surface area contributed by atoms with Gasteiger partial charge in [0.25, 0.3) is 0 Å². The Labute approximate surface area is 65.0 Å². The molecule has 4 nitrogen and oxygen atoms in total. The lowest BCUT2D eigenvalue weighted by molar-refractivity contribution is -0.150. The lowest BCUT2D eigenvalue weighted by Gasteiger charge is -2.26. The van der Waals surface area contributed by atoms with Crippen molar-refractivity contribution in [1.29, 1.82) is 0 Å². The van der Waals surface area contributed by atoms with Crippen LogP contribution >= 0.6 is 0 Å². The average molecular weight is 159 g/mol. The van der Waals surface area contributed by atoms with E-state index in [4.69, 9.17) is 15.9 Å². The van der Waals surface area contributed by atoms with Crippen LogP contribution in [0.4, 0.5) is 0 Å². The number of rotatable bonds is 2. The van der Waals surface area contributed by atoms with Gasteiger partial charge in [-0.05, 0) is 12.8 Å². The first kappa shape index (κ1) is 8.49. The Balaban J connectivity index is 2.63. The van der Waals surface area contributed by atoms with E-state index in [2.05, 4.69) is 0 Å². The highest BCUT2D eigenvalue weighted by atomic mass is 16.4. The zero-order valence-electron chi connectivity index (χ0n) is 6.29. The van der Waals surface area contributed by atoms with Crippen LogP contribution in [0.2, 0.25) is 0 Å². The maximum atomic E-state index is 10.4. The molecule has 0 aromatic carbocycles. The van der Waals surface area contributed by atoms with Crippen molar-refractivity contribution in [3.8, 4) is 0 Å². The van der Waals surface area contributed by atoms with Gasteiger partial charge in [-0.15, -0.1) is 0 Å². The zero-order chi connectivity index (χ0) is 8.48. The normalized spacial score (nSPS) is 24.9. The van der Waals surface area contributed by atoms with Crippen molar-refractivity contribution >= 4 is 5.97 Å². The fourth-order valence-corrected chi connectivity index (χ4v) is 1.55. The number of hydrogen-bond acceptors (Lipinski definition) is 3. The second-order valence-corrected chi connectivity index (χ2v) is 3.18. The Morgan fingerprint density at radius 3 is 2.27 bits per heavy atom. The van der Waals surface area contributed by atoms with E-state index in [0.717, 1.165) is 12.8 Å². The van der Waals surface area contributed by atoms with Crippen LogP contribution in [0.1, 0.15) is 25.7 Å². The molecule has 0 spiro atoms. The number of aliphatic hydroxyl groups excluding tert-OH is 1. The molecule has 0 saturated heterocycles. The number of carboxylic acid groups (broad SMARTS) is 1. The largest absolute Gasteiger partial charge is 0.479 e. The number of carboxylic acids is 1. The lowest BCUT2D eigenvalue weighted by Crippen LogP contribution is -2.52. The van der Waals surface area contributed by atoms with Crippen LogP contribution in [-0.4, -0.2) is 27.8 Å². The van der Waals surface area contributed by atoms with Crippen LogP contribution in [0.5, 0.6) is 0 Å². The number of aliphatic carboxylic acids is 1. The van der Waals surface area contributed by atoms with Gasteiger partial charge in [0.1, 0.15) is 0 Å². The summed E-state index contributed by atoms with van der Waals surface area (Å²) in [5, 5.41) is 17.6.